The fourth-order valence-corrected chi connectivity index (χ4v) is 3.26. The Hall–Kier alpha value is -2.37. The van der Waals surface area contributed by atoms with E-state index in [0.717, 1.165) is 24.8 Å². The van der Waals surface area contributed by atoms with Gasteiger partial charge < -0.3 is 15.0 Å². The van der Waals surface area contributed by atoms with Crippen molar-refractivity contribution < 1.29 is 19.1 Å². The Kier molecular flexibility index (Phi) is 6.56. The first-order valence-electron chi connectivity index (χ1n) is 8.70. The molecule has 1 aromatic rings. The SMILES string of the molecule is CC(=O)Nc1ccc(CC(=O)OCC(=O)N2[C@H](C)CCC[C@@H]2C)cc1. The number of ether oxygens (including phenoxy) is 1. The number of piperidine rings is 1. The van der Waals surface area contributed by atoms with Crippen LogP contribution in [0.25, 0.3) is 0 Å². The number of amides is 2. The smallest absolute Gasteiger partial charge is 0.310 e. The molecule has 0 radical (unpaired) electrons. The zero-order valence-corrected chi connectivity index (χ0v) is 15.1. The summed E-state index contributed by atoms with van der Waals surface area (Å²) in [6.07, 6.45) is 3.20. The molecule has 1 aliphatic heterocycles. The summed E-state index contributed by atoms with van der Waals surface area (Å²) < 4.78 is 5.15. The van der Waals surface area contributed by atoms with Crippen molar-refractivity contribution in [1.29, 1.82) is 0 Å². The van der Waals surface area contributed by atoms with Crippen molar-refractivity contribution in [3.63, 3.8) is 0 Å². The zero-order chi connectivity index (χ0) is 18.4. The topological polar surface area (TPSA) is 75.7 Å². The highest BCUT2D eigenvalue weighted by Gasteiger charge is 2.29. The van der Waals surface area contributed by atoms with E-state index in [-0.39, 0.29) is 36.9 Å². The molecular weight excluding hydrogens is 320 g/mol. The summed E-state index contributed by atoms with van der Waals surface area (Å²) in [4.78, 5) is 37.1. The van der Waals surface area contributed by atoms with Crippen LogP contribution in [0, 0.1) is 0 Å². The number of nitrogens with one attached hydrogen (secondary N) is 1. The standard InChI is InChI=1S/C19H26N2O4/c1-13-5-4-6-14(2)21(13)18(23)12-25-19(24)11-16-7-9-17(10-8-16)20-15(3)22/h7-10,13-14H,4-6,11-12H2,1-3H3,(H,20,22)/t13-,14+. The van der Waals surface area contributed by atoms with Gasteiger partial charge in [-0.25, -0.2) is 0 Å². The monoisotopic (exact) mass is 346 g/mol. The quantitative estimate of drug-likeness (QED) is 0.831. The fraction of sp³-hybridized carbons (Fsp3) is 0.526. The van der Waals surface area contributed by atoms with E-state index in [1.807, 2.05) is 18.7 Å². The first-order valence-corrected chi connectivity index (χ1v) is 8.70. The summed E-state index contributed by atoms with van der Waals surface area (Å²) in [5.74, 6) is -0.709. The molecule has 136 valence electrons. The minimum absolute atomic E-state index is 0.0960. The van der Waals surface area contributed by atoms with Crippen molar-refractivity contribution in [3.05, 3.63) is 29.8 Å². The molecule has 25 heavy (non-hydrogen) atoms. The molecule has 0 unspecified atom stereocenters. The van der Waals surface area contributed by atoms with E-state index >= 15 is 0 Å². The Labute approximate surface area is 148 Å². The lowest BCUT2D eigenvalue weighted by molar-refractivity contribution is -0.154. The van der Waals surface area contributed by atoms with Crippen molar-refractivity contribution in [1.82, 2.24) is 4.90 Å². The van der Waals surface area contributed by atoms with Crippen molar-refractivity contribution >= 4 is 23.5 Å². The van der Waals surface area contributed by atoms with Gasteiger partial charge >= 0.3 is 5.97 Å². The van der Waals surface area contributed by atoms with Crippen LogP contribution < -0.4 is 5.32 Å². The maximum atomic E-state index is 12.3. The second-order valence-electron chi connectivity index (χ2n) is 6.65. The van der Waals surface area contributed by atoms with E-state index in [9.17, 15) is 14.4 Å². The van der Waals surface area contributed by atoms with Crippen LogP contribution in [0.15, 0.2) is 24.3 Å². The Morgan fingerprint density at radius 2 is 1.72 bits per heavy atom. The molecule has 2 atom stereocenters. The predicted octanol–water partition coefficient (Wildman–Crippen LogP) is 2.52. The number of benzene rings is 1. The maximum Gasteiger partial charge on any atom is 0.310 e. The molecule has 1 aromatic carbocycles. The van der Waals surface area contributed by atoms with E-state index in [1.54, 1.807) is 24.3 Å². The van der Waals surface area contributed by atoms with Gasteiger partial charge in [0, 0.05) is 24.7 Å². The average Bonchev–Trinajstić information content (AvgIpc) is 2.54. The van der Waals surface area contributed by atoms with E-state index in [2.05, 4.69) is 5.32 Å². The highest BCUT2D eigenvalue weighted by atomic mass is 16.5. The highest BCUT2D eigenvalue weighted by Crippen LogP contribution is 2.22. The Bertz CT molecular complexity index is 617. The molecule has 1 aliphatic rings. The number of esters is 1. The van der Waals surface area contributed by atoms with Crippen LogP contribution >= 0.6 is 0 Å². The van der Waals surface area contributed by atoms with Gasteiger partial charge in [0.15, 0.2) is 6.61 Å². The van der Waals surface area contributed by atoms with Crippen LogP contribution in [-0.2, 0) is 25.5 Å². The van der Waals surface area contributed by atoms with Crippen LogP contribution in [-0.4, -0.2) is 41.4 Å². The summed E-state index contributed by atoms with van der Waals surface area (Å²) in [7, 11) is 0. The van der Waals surface area contributed by atoms with Gasteiger partial charge in [0.05, 0.1) is 6.42 Å². The molecule has 0 saturated carbocycles. The van der Waals surface area contributed by atoms with Crippen molar-refractivity contribution in [3.8, 4) is 0 Å². The Balaban J connectivity index is 1.82. The highest BCUT2D eigenvalue weighted by molar-refractivity contribution is 5.88. The normalized spacial score (nSPS) is 20.0. The maximum absolute atomic E-state index is 12.3. The lowest BCUT2D eigenvalue weighted by Gasteiger charge is -2.38. The van der Waals surface area contributed by atoms with Crippen LogP contribution in [0.4, 0.5) is 5.69 Å². The molecule has 1 N–H and O–H groups in total. The number of anilines is 1. The Morgan fingerprint density at radius 1 is 1.12 bits per heavy atom. The number of rotatable bonds is 5. The third-order valence-corrected chi connectivity index (χ3v) is 4.46. The number of likely N-dealkylation sites (tertiary alicyclic amines) is 1. The van der Waals surface area contributed by atoms with Gasteiger partial charge in [0.1, 0.15) is 0 Å². The second kappa shape index (κ2) is 8.65. The van der Waals surface area contributed by atoms with Crippen molar-refractivity contribution in [2.45, 2.75) is 58.5 Å². The summed E-state index contributed by atoms with van der Waals surface area (Å²) in [5, 5.41) is 2.66. The molecule has 0 bridgehead atoms. The largest absolute Gasteiger partial charge is 0.455 e. The third kappa shape index (κ3) is 5.59. The molecule has 0 spiro atoms. The molecule has 1 saturated heterocycles. The number of carbonyl (C=O) groups is 3. The van der Waals surface area contributed by atoms with E-state index in [4.69, 9.17) is 4.74 Å². The average molecular weight is 346 g/mol. The molecule has 1 fully saturated rings. The predicted molar refractivity (Wildman–Crippen MR) is 95.0 cm³/mol. The first-order chi connectivity index (χ1) is 11.9. The number of hydrogen-bond donors (Lipinski definition) is 1. The van der Waals surface area contributed by atoms with E-state index in [0.29, 0.717) is 5.69 Å². The van der Waals surface area contributed by atoms with Gasteiger partial charge in [-0.05, 0) is 50.8 Å². The molecule has 6 nitrogen and oxygen atoms in total. The molecular formula is C19H26N2O4. The minimum atomic E-state index is -0.432. The van der Waals surface area contributed by atoms with Crippen LogP contribution in [0.1, 0.15) is 45.6 Å². The number of hydrogen-bond acceptors (Lipinski definition) is 4. The van der Waals surface area contributed by atoms with Gasteiger partial charge in [-0.2, -0.15) is 0 Å². The molecule has 1 heterocycles. The van der Waals surface area contributed by atoms with Crippen LogP contribution in [0.3, 0.4) is 0 Å². The number of carbonyl (C=O) groups excluding carboxylic acids is 3. The molecule has 0 aliphatic carbocycles. The molecule has 2 rings (SSSR count). The minimum Gasteiger partial charge on any atom is -0.455 e. The van der Waals surface area contributed by atoms with Gasteiger partial charge in [0.2, 0.25) is 5.91 Å². The van der Waals surface area contributed by atoms with Crippen LogP contribution in [0.2, 0.25) is 0 Å². The van der Waals surface area contributed by atoms with Crippen LogP contribution in [0.5, 0.6) is 0 Å². The summed E-state index contributed by atoms with van der Waals surface area (Å²) in [6, 6.07) is 7.35. The Morgan fingerprint density at radius 3 is 2.28 bits per heavy atom. The summed E-state index contributed by atoms with van der Waals surface area (Å²) in [5.41, 5.74) is 1.44. The zero-order valence-electron chi connectivity index (χ0n) is 15.1. The van der Waals surface area contributed by atoms with Gasteiger partial charge in [0.25, 0.3) is 5.91 Å². The molecule has 0 aromatic heterocycles. The summed E-state index contributed by atoms with van der Waals surface area (Å²) >= 11 is 0. The van der Waals surface area contributed by atoms with Gasteiger partial charge in [-0.1, -0.05) is 12.1 Å². The van der Waals surface area contributed by atoms with Gasteiger partial charge in [-0.3, -0.25) is 14.4 Å². The van der Waals surface area contributed by atoms with Gasteiger partial charge in [-0.15, -0.1) is 0 Å². The lowest BCUT2D eigenvalue weighted by atomic mass is 9.97. The number of nitrogens with zero attached hydrogens (tertiary/aromatic N) is 1. The summed E-state index contributed by atoms with van der Waals surface area (Å²) in [6.45, 7) is 5.29. The third-order valence-electron chi connectivity index (χ3n) is 4.46. The second-order valence-corrected chi connectivity index (χ2v) is 6.65. The van der Waals surface area contributed by atoms with Crippen molar-refractivity contribution in [2.75, 3.05) is 11.9 Å². The molecule has 6 heteroatoms. The fourth-order valence-electron chi connectivity index (χ4n) is 3.26. The van der Waals surface area contributed by atoms with Crippen molar-refractivity contribution in [2.24, 2.45) is 0 Å². The lowest BCUT2D eigenvalue weighted by Crippen LogP contribution is -2.49. The van der Waals surface area contributed by atoms with E-state index in [1.165, 1.54) is 6.92 Å². The van der Waals surface area contributed by atoms with E-state index < -0.39 is 5.97 Å². The molecule has 2 amide bonds. The first kappa shape index (κ1) is 19.0.